The highest BCUT2D eigenvalue weighted by Gasteiger charge is 2.19. The lowest BCUT2D eigenvalue weighted by Gasteiger charge is -2.35. The third-order valence-electron chi connectivity index (χ3n) is 4.73. The Morgan fingerprint density at radius 1 is 0.920 bits per heavy atom. The third kappa shape index (κ3) is 4.50. The van der Waals surface area contributed by atoms with Crippen molar-refractivity contribution in [2.75, 3.05) is 31.1 Å². The molecule has 2 aromatic carbocycles. The number of piperazine rings is 1. The van der Waals surface area contributed by atoms with Gasteiger partial charge in [-0.05, 0) is 35.3 Å². The summed E-state index contributed by atoms with van der Waals surface area (Å²) in [5, 5.41) is 0. The molecular formula is C22H26N2O. The highest BCUT2D eigenvalue weighted by atomic mass is 16.2. The fraction of sp³-hybridized carbons (Fsp3) is 0.318. The Morgan fingerprint density at radius 3 is 2.16 bits per heavy atom. The number of nitrogens with zero attached hydrogens (tertiary/aromatic N) is 2. The van der Waals surface area contributed by atoms with E-state index < -0.39 is 0 Å². The topological polar surface area (TPSA) is 23.6 Å². The number of carbonyl (C=O) groups is 1. The molecule has 0 unspecified atom stereocenters. The second-order valence-corrected chi connectivity index (χ2v) is 6.80. The Balaban J connectivity index is 1.54. The van der Waals surface area contributed by atoms with E-state index in [-0.39, 0.29) is 5.91 Å². The van der Waals surface area contributed by atoms with E-state index in [0.29, 0.717) is 5.92 Å². The summed E-state index contributed by atoms with van der Waals surface area (Å²) in [4.78, 5) is 16.7. The van der Waals surface area contributed by atoms with E-state index in [9.17, 15) is 4.79 Å². The lowest BCUT2D eigenvalue weighted by atomic mass is 10.0. The highest BCUT2D eigenvalue weighted by Crippen LogP contribution is 2.17. The Hall–Kier alpha value is -2.55. The molecule has 3 nitrogen and oxygen atoms in total. The third-order valence-corrected chi connectivity index (χ3v) is 4.73. The molecular weight excluding hydrogens is 308 g/mol. The van der Waals surface area contributed by atoms with Gasteiger partial charge in [-0.3, -0.25) is 4.79 Å². The number of rotatable bonds is 4. The lowest BCUT2D eigenvalue weighted by Crippen LogP contribution is -2.48. The summed E-state index contributed by atoms with van der Waals surface area (Å²) in [6, 6.07) is 18.8. The summed E-state index contributed by atoms with van der Waals surface area (Å²) in [5.41, 5.74) is 3.62. The molecule has 0 spiro atoms. The number of hydrogen-bond donors (Lipinski definition) is 0. The summed E-state index contributed by atoms with van der Waals surface area (Å²) >= 11 is 0. The second-order valence-electron chi connectivity index (χ2n) is 6.80. The minimum Gasteiger partial charge on any atom is -0.368 e. The van der Waals surface area contributed by atoms with Gasteiger partial charge in [0.2, 0.25) is 5.91 Å². The van der Waals surface area contributed by atoms with Crippen LogP contribution in [0.5, 0.6) is 0 Å². The van der Waals surface area contributed by atoms with Crippen LogP contribution < -0.4 is 4.90 Å². The van der Waals surface area contributed by atoms with Crippen molar-refractivity contribution < 1.29 is 4.79 Å². The minimum absolute atomic E-state index is 0.0978. The second kappa shape index (κ2) is 8.02. The fourth-order valence-corrected chi connectivity index (χ4v) is 3.09. The first-order valence-corrected chi connectivity index (χ1v) is 9.00. The molecule has 0 bridgehead atoms. The van der Waals surface area contributed by atoms with Gasteiger partial charge >= 0.3 is 0 Å². The molecule has 1 fully saturated rings. The number of anilines is 1. The maximum absolute atomic E-state index is 12.4. The van der Waals surface area contributed by atoms with Crippen molar-refractivity contribution in [3.05, 3.63) is 71.8 Å². The predicted molar refractivity (Wildman–Crippen MR) is 105 cm³/mol. The van der Waals surface area contributed by atoms with Crippen LogP contribution >= 0.6 is 0 Å². The predicted octanol–water partition coefficient (Wildman–Crippen LogP) is 4.17. The van der Waals surface area contributed by atoms with Gasteiger partial charge in [0.25, 0.3) is 0 Å². The van der Waals surface area contributed by atoms with Crippen LogP contribution in [0, 0.1) is 0 Å². The molecule has 1 aliphatic rings. The standard InChI is InChI=1S/C22H26N2O/c1-18(2)20-11-8-19(9-12-20)10-13-22(25)24-16-14-23(15-17-24)21-6-4-3-5-7-21/h3-13,18H,14-17H2,1-2H3. The van der Waals surface area contributed by atoms with Gasteiger partial charge in [-0.1, -0.05) is 56.3 Å². The van der Waals surface area contributed by atoms with E-state index in [1.54, 1.807) is 6.08 Å². The maximum Gasteiger partial charge on any atom is 0.246 e. The van der Waals surface area contributed by atoms with Gasteiger partial charge in [0.15, 0.2) is 0 Å². The molecule has 0 saturated carbocycles. The van der Waals surface area contributed by atoms with E-state index in [2.05, 4.69) is 67.3 Å². The number of hydrogen-bond acceptors (Lipinski definition) is 2. The highest BCUT2D eigenvalue weighted by molar-refractivity contribution is 5.92. The summed E-state index contributed by atoms with van der Waals surface area (Å²) in [5.74, 6) is 0.626. The largest absolute Gasteiger partial charge is 0.368 e. The number of benzene rings is 2. The number of para-hydroxylation sites is 1. The Kier molecular flexibility index (Phi) is 5.54. The molecule has 3 rings (SSSR count). The smallest absolute Gasteiger partial charge is 0.246 e. The maximum atomic E-state index is 12.4. The van der Waals surface area contributed by atoms with E-state index in [1.807, 2.05) is 17.0 Å². The van der Waals surface area contributed by atoms with Crippen LogP contribution in [0.2, 0.25) is 0 Å². The molecule has 0 N–H and O–H groups in total. The van der Waals surface area contributed by atoms with Gasteiger partial charge in [0.1, 0.15) is 0 Å². The molecule has 2 aromatic rings. The molecule has 3 heteroatoms. The molecule has 1 heterocycles. The van der Waals surface area contributed by atoms with Crippen molar-refractivity contribution >= 4 is 17.7 Å². The monoisotopic (exact) mass is 334 g/mol. The lowest BCUT2D eigenvalue weighted by molar-refractivity contribution is -0.126. The van der Waals surface area contributed by atoms with Gasteiger partial charge in [-0.25, -0.2) is 0 Å². The van der Waals surface area contributed by atoms with Crippen molar-refractivity contribution in [2.24, 2.45) is 0 Å². The van der Waals surface area contributed by atoms with E-state index in [0.717, 1.165) is 31.7 Å². The van der Waals surface area contributed by atoms with Gasteiger partial charge in [0.05, 0.1) is 0 Å². The minimum atomic E-state index is 0.0978. The van der Waals surface area contributed by atoms with Crippen molar-refractivity contribution in [1.29, 1.82) is 0 Å². The van der Waals surface area contributed by atoms with Crippen LogP contribution in [0.3, 0.4) is 0 Å². The van der Waals surface area contributed by atoms with Gasteiger partial charge in [-0.15, -0.1) is 0 Å². The quantitative estimate of drug-likeness (QED) is 0.784. The average Bonchev–Trinajstić information content (AvgIpc) is 2.67. The van der Waals surface area contributed by atoms with Crippen molar-refractivity contribution in [3.63, 3.8) is 0 Å². The first-order chi connectivity index (χ1) is 12.1. The Bertz CT molecular complexity index is 711. The summed E-state index contributed by atoms with van der Waals surface area (Å²) in [6.45, 7) is 7.67. The first-order valence-electron chi connectivity index (χ1n) is 9.00. The van der Waals surface area contributed by atoms with Crippen LogP contribution in [0.15, 0.2) is 60.7 Å². The first kappa shape index (κ1) is 17.3. The molecule has 0 aromatic heterocycles. The molecule has 1 aliphatic heterocycles. The number of carbonyl (C=O) groups excluding carboxylic acids is 1. The fourth-order valence-electron chi connectivity index (χ4n) is 3.09. The summed E-state index contributed by atoms with van der Waals surface area (Å²) < 4.78 is 0. The zero-order valence-corrected chi connectivity index (χ0v) is 15.1. The van der Waals surface area contributed by atoms with Crippen molar-refractivity contribution in [3.8, 4) is 0 Å². The van der Waals surface area contributed by atoms with Crippen LogP contribution in [0.4, 0.5) is 5.69 Å². The van der Waals surface area contributed by atoms with E-state index in [4.69, 9.17) is 0 Å². The molecule has 0 aliphatic carbocycles. The zero-order chi connectivity index (χ0) is 17.6. The summed E-state index contributed by atoms with van der Waals surface area (Å²) in [6.07, 6.45) is 3.61. The van der Waals surface area contributed by atoms with E-state index >= 15 is 0 Å². The van der Waals surface area contributed by atoms with Crippen LogP contribution in [0.25, 0.3) is 6.08 Å². The zero-order valence-electron chi connectivity index (χ0n) is 15.1. The van der Waals surface area contributed by atoms with Crippen LogP contribution in [-0.2, 0) is 4.79 Å². The van der Waals surface area contributed by atoms with Crippen molar-refractivity contribution in [1.82, 2.24) is 4.90 Å². The van der Waals surface area contributed by atoms with Crippen LogP contribution in [0.1, 0.15) is 30.9 Å². The molecule has 25 heavy (non-hydrogen) atoms. The Morgan fingerprint density at radius 2 is 1.56 bits per heavy atom. The number of amides is 1. The molecule has 1 saturated heterocycles. The van der Waals surface area contributed by atoms with Gasteiger partial charge in [-0.2, -0.15) is 0 Å². The van der Waals surface area contributed by atoms with Crippen molar-refractivity contribution in [2.45, 2.75) is 19.8 Å². The molecule has 130 valence electrons. The average molecular weight is 334 g/mol. The SMILES string of the molecule is CC(C)c1ccc(C=CC(=O)N2CCN(c3ccccc3)CC2)cc1. The van der Waals surface area contributed by atoms with Gasteiger partial charge in [0, 0.05) is 37.9 Å². The normalized spacial score (nSPS) is 15.2. The Labute approximate surface area is 150 Å². The summed E-state index contributed by atoms with van der Waals surface area (Å²) in [7, 11) is 0. The molecule has 0 radical (unpaired) electrons. The molecule has 1 amide bonds. The molecule has 0 atom stereocenters. The van der Waals surface area contributed by atoms with Crippen LogP contribution in [-0.4, -0.2) is 37.0 Å². The van der Waals surface area contributed by atoms with E-state index in [1.165, 1.54) is 11.3 Å². The van der Waals surface area contributed by atoms with Gasteiger partial charge < -0.3 is 9.80 Å².